The van der Waals surface area contributed by atoms with Gasteiger partial charge in [0.05, 0.1) is 6.20 Å². The van der Waals surface area contributed by atoms with Crippen molar-refractivity contribution in [2.45, 2.75) is 12.8 Å². The summed E-state index contributed by atoms with van der Waals surface area (Å²) in [5.41, 5.74) is 1.21. The van der Waals surface area contributed by atoms with Crippen molar-refractivity contribution in [1.82, 2.24) is 9.97 Å². The first-order chi connectivity index (χ1) is 7.38. The molecule has 0 spiro atoms. The Labute approximate surface area is 88.4 Å². The molecule has 2 aromatic rings. The van der Waals surface area contributed by atoms with E-state index in [0.717, 1.165) is 18.6 Å². The fourth-order valence-electron chi connectivity index (χ4n) is 1.35. The molecule has 2 aromatic heterocycles. The Hall–Kier alpha value is -1.84. The van der Waals surface area contributed by atoms with Crippen molar-refractivity contribution in [2.24, 2.45) is 0 Å². The number of nitrogens with zero attached hydrogens (tertiary/aromatic N) is 2. The molecule has 0 aliphatic heterocycles. The highest BCUT2D eigenvalue weighted by Gasteiger charge is 2.02. The topological polar surface area (TPSA) is 51.0 Å². The van der Waals surface area contributed by atoms with E-state index in [1.165, 1.54) is 5.56 Å². The first-order valence-corrected chi connectivity index (χ1v) is 4.90. The van der Waals surface area contributed by atoms with Crippen LogP contribution in [0.25, 0.3) is 0 Å². The summed E-state index contributed by atoms with van der Waals surface area (Å²) in [7, 11) is 1.79. The predicted molar refractivity (Wildman–Crippen MR) is 57.7 cm³/mol. The molecule has 0 bridgehead atoms. The van der Waals surface area contributed by atoms with E-state index in [9.17, 15) is 0 Å². The highest BCUT2D eigenvalue weighted by Crippen LogP contribution is 2.10. The molecule has 0 radical (unpaired) electrons. The lowest BCUT2D eigenvalue weighted by atomic mass is 10.1. The molecule has 0 aliphatic carbocycles. The molecule has 15 heavy (non-hydrogen) atoms. The van der Waals surface area contributed by atoms with Crippen molar-refractivity contribution in [3.05, 3.63) is 42.0 Å². The molecule has 4 nitrogen and oxygen atoms in total. The second-order valence-corrected chi connectivity index (χ2v) is 3.24. The summed E-state index contributed by atoms with van der Waals surface area (Å²) in [5.74, 6) is 0.892. The molecular formula is C11H13N3O. The van der Waals surface area contributed by atoms with E-state index >= 15 is 0 Å². The molecule has 0 unspecified atom stereocenters. The average Bonchev–Trinajstić information content (AvgIpc) is 2.76. The SMILES string of the molecule is CNc1ncc(CCc2cccnc2)o1. The smallest absolute Gasteiger partial charge is 0.294 e. The number of pyridine rings is 1. The van der Waals surface area contributed by atoms with Gasteiger partial charge in [0.15, 0.2) is 0 Å². The number of hydrogen-bond donors (Lipinski definition) is 1. The summed E-state index contributed by atoms with van der Waals surface area (Å²) < 4.78 is 5.41. The Balaban J connectivity index is 1.93. The van der Waals surface area contributed by atoms with Crippen molar-refractivity contribution < 1.29 is 4.42 Å². The van der Waals surface area contributed by atoms with Crippen LogP contribution < -0.4 is 5.32 Å². The molecule has 0 amide bonds. The summed E-state index contributed by atoms with van der Waals surface area (Å²) in [6, 6.07) is 4.56. The van der Waals surface area contributed by atoms with Gasteiger partial charge in [0.2, 0.25) is 0 Å². The minimum atomic E-state index is 0.566. The number of aromatic nitrogens is 2. The van der Waals surface area contributed by atoms with Crippen molar-refractivity contribution in [3.63, 3.8) is 0 Å². The lowest BCUT2D eigenvalue weighted by Crippen LogP contribution is -1.90. The van der Waals surface area contributed by atoms with Crippen molar-refractivity contribution >= 4 is 6.01 Å². The van der Waals surface area contributed by atoms with Crippen LogP contribution in [0.4, 0.5) is 6.01 Å². The van der Waals surface area contributed by atoms with Gasteiger partial charge in [0, 0.05) is 25.9 Å². The molecule has 2 rings (SSSR count). The molecule has 0 saturated heterocycles. The van der Waals surface area contributed by atoms with E-state index in [-0.39, 0.29) is 0 Å². The third-order valence-corrected chi connectivity index (χ3v) is 2.15. The van der Waals surface area contributed by atoms with Crippen molar-refractivity contribution in [3.8, 4) is 0 Å². The largest absolute Gasteiger partial charge is 0.429 e. The Morgan fingerprint density at radius 1 is 1.33 bits per heavy atom. The zero-order valence-corrected chi connectivity index (χ0v) is 8.60. The van der Waals surface area contributed by atoms with Gasteiger partial charge < -0.3 is 9.73 Å². The number of hydrogen-bond acceptors (Lipinski definition) is 4. The van der Waals surface area contributed by atoms with Crippen molar-refractivity contribution in [1.29, 1.82) is 0 Å². The van der Waals surface area contributed by atoms with Gasteiger partial charge in [-0.15, -0.1) is 0 Å². The van der Waals surface area contributed by atoms with Gasteiger partial charge in [-0.3, -0.25) is 4.98 Å². The molecule has 0 fully saturated rings. The highest BCUT2D eigenvalue weighted by atomic mass is 16.4. The Morgan fingerprint density at radius 3 is 2.93 bits per heavy atom. The minimum Gasteiger partial charge on any atom is -0.429 e. The third-order valence-electron chi connectivity index (χ3n) is 2.15. The monoisotopic (exact) mass is 203 g/mol. The highest BCUT2D eigenvalue weighted by molar-refractivity contribution is 5.19. The van der Waals surface area contributed by atoms with Gasteiger partial charge in [-0.2, -0.15) is 0 Å². The summed E-state index contributed by atoms with van der Waals surface area (Å²) in [4.78, 5) is 8.11. The van der Waals surface area contributed by atoms with Gasteiger partial charge >= 0.3 is 0 Å². The number of anilines is 1. The van der Waals surface area contributed by atoms with Gasteiger partial charge in [-0.05, 0) is 18.1 Å². The average molecular weight is 203 g/mol. The summed E-state index contributed by atoms with van der Waals surface area (Å²) in [6.07, 6.45) is 7.17. The quantitative estimate of drug-likeness (QED) is 0.824. The number of rotatable bonds is 4. The van der Waals surface area contributed by atoms with E-state index in [1.54, 1.807) is 19.4 Å². The van der Waals surface area contributed by atoms with Gasteiger partial charge in [-0.1, -0.05) is 6.07 Å². The number of aryl methyl sites for hydroxylation is 2. The van der Waals surface area contributed by atoms with Gasteiger partial charge in [0.1, 0.15) is 5.76 Å². The Morgan fingerprint density at radius 2 is 2.27 bits per heavy atom. The maximum atomic E-state index is 5.41. The molecule has 1 N–H and O–H groups in total. The lowest BCUT2D eigenvalue weighted by Gasteiger charge is -1.97. The van der Waals surface area contributed by atoms with Crippen LogP contribution in [0, 0.1) is 0 Å². The first-order valence-electron chi connectivity index (χ1n) is 4.90. The van der Waals surface area contributed by atoms with Crippen LogP contribution in [-0.4, -0.2) is 17.0 Å². The molecule has 0 aliphatic rings. The van der Waals surface area contributed by atoms with Crippen molar-refractivity contribution in [2.75, 3.05) is 12.4 Å². The van der Waals surface area contributed by atoms with E-state index < -0.39 is 0 Å². The maximum absolute atomic E-state index is 5.41. The second-order valence-electron chi connectivity index (χ2n) is 3.24. The summed E-state index contributed by atoms with van der Waals surface area (Å²) in [6.45, 7) is 0. The fourth-order valence-corrected chi connectivity index (χ4v) is 1.35. The van der Waals surface area contributed by atoms with Crippen LogP contribution >= 0.6 is 0 Å². The maximum Gasteiger partial charge on any atom is 0.294 e. The van der Waals surface area contributed by atoms with E-state index in [1.807, 2.05) is 12.3 Å². The molecule has 2 heterocycles. The number of nitrogens with one attached hydrogen (secondary N) is 1. The van der Waals surface area contributed by atoms with E-state index in [4.69, 9.17) is 4.42 Å². The Kier molecular flexibility index (Phi) is 2.97. The zero-order valence-electron chi connectivity index (χ0n) is 8.60. The van der Waals surface area contributed by atoms with Crippen LogP contribution in [0.1, 0.15) is 11.3 Å². The summed E-state index contributed by atoms with van der Waals surface area (Å²) >= 11 is 0. The molecule has 0 aromatic carbocycles. The molecule has 0 atom stereocenters. The Bertz CT molecular complexity index is 411. The third kappa shape index (κ3) is 2.56. The van der Waals surface area contributed by atoms with Crippen LogP contribution in [0.3, 0.4) is 0 Å². The molecule has 4 heteroatoms. The predicted octanol–water partition coefficient (Wildman–Crippen LogP) is 1.90. The normalized spacial score (nSPS) is 10.2. The van der Waals surface area contributed by atoms with E-state index in [0.29, 0.717) is 6.01 Å². The standard InChI is InChI=1S/C11H13N3O/c1-12-11-14-8-10(15-11)5-4-9-3-2-6-13-7-9/h2-3,6-8H,4-5H2,1H3,(H,12,14). The zero-order chi connectivity index (χ0) is 10.5. The van der Waals surface area contributed by atoms with Crippen LogP contribution in [0.5, 0.6) is 0 Å². The van der Waals surface area contributed by atoms with Crippen LogP contribution in [0.15, 0.2) is 35.1 Å². The van der Waals surface area contributed by atoms with Crippen LogP contribution in [0.2, 0.25) is 0 Å². The molecule has 0 saturated carbocycles. The minimum absolute atomic E-state index is 0.566. The lowest BCUT2D eigenvalue weighted by molar-refractivity contribution is 0.518. The fraction of sp³-hybridized carbons (Fsp3) is 0.273. The van der Waals surface area contributed by atoms with Crippen LogP contribution in [-0.2, 0) is 12.8 Å². The molecule has 78 valence electrons. The van der Waals surface area contributed by atoms with E-state index in [2.05, 4.69) is 21.4 Å². The van der Waals surface area contributed by atoms with Gasteiger partial charge in [-0.25, -0.2) is 4.98 Å². The first kappa shape index (κ1) is 9.71. The molecular weight excluding hydrogens is 190 g/mol. The number of oxazole rings is 1. The second kappa shape index (κ2) is 4.59. The van der Waals surface area contributed by atoms with Gasteiger partial charge in [0.25, 0.3) is 6.01 Å². The summed E-state index contributed by atoms with van der Waals surface area (Å²) in [5, 5.41) is 2.86.